The van der Waals surface area contributed by atoms with E-state index in [2.05, 4.69) is 0 Å². The molecule has 1 rings (SSSR count). The first-order chi connectivity index (χ1) is 8.81. The zero-order chi connectivity index (χ0) is 14.5. The highest BCUT2D eigenvalue weighted by atomic mass is 16.5. The fourth-order valence-corrected chi connectivity index (χ4v) is 1.28. The van der Waals surface area contributed by atoms with Gasteiger partial charge in [-0.15, -0.1) is 0 Å². The van der Waals surface area contributed by atoms with Gasteiger partial charge in [0.1, 0.15) is 0 Å². The Hall–Kier alpha value is -2.10. The standard InChI is InChI=1S/C15H19NO3/c1-15(2,3)10-19-14(18)12(9-17)8-11-4-6-13(16)7-5-11/h4-9H,10,16H2,1-3H3/b12-8-. The number of aldehydes is 1. The number of carbonyl (C=O) groups excluding carboxylic acids is 2. The van der Waals surface area contributed by atoms with Crippen molar-refractivity contribution in [2.45, 2.75) is 20.8 Å². The number of benzene rings is 1. The zero-order valence-electron chi connectivity index (χ0n) is 11.5. The molecule has 1 aromatic rings. The average molecular weight is 261 g/mol. The molecule has 0 spiro atoms. The first-order valence-corrected chi connectivity index (χ1v) is 6.01. The summed E-state index contributed by atoms with van der Waals surface area (Å²) in [5.41, 5.74) is 6.77. The van der Waals surface area contributed by atoms with Crippen molar-refractivity contribution >= 4 is 24.0 Å². The van der Waals surface area contributed by atoms with E-state index in [9.17, 15) is 9.59 Å². The summed E-state index contributed by atoms with van der Waals surface area (Å²) in [6, 6.07) is 6.87. The molecule has 2 N–H and O–H groups in total. The summed E-state index contributed by atoms with van der Waals surface area (Å²) in [7, 11) is 0. The van der Waals surface area contributed by atoms with E-state index in [4.69, 9.17) is 10.5 Å². The molecule has 0 bridgehead atoms. The summed E-state index contributed by atoms with van der Waals surface area (Å²) in [5.74, 6) is -0.609. The highest BCUT2D eigenvalue weighted by Crippen LogP contribution is 2.15. The normalized spacial score (nSPS) is 12.1. The lowest BCUT2D eigenvalue weighted by Gasteiger charge is -2.17. The summed E-state index contributed by atoms with van der Waals surface area (Å²) in [5, 5.41) is 0. The summed E-state index contributed by atoms with van der Waals surface area (Å²) in [6.07, 6.45) is 1.98. The van der Waals surface area contributed by atoms with E-state index < -0.39 is 5.97 Å². The number of nitrogens with two attached hydrogens (primary N) is 1. The smallest absolute Gasteiger partial charge is 0.341 e. The Morgan fingerprint density at radius 3 is 2.32 bits per heavy atom. The molecule has 0 fully saturated rings. The first-order valence-electron chi connectivity index (χ1n) is 6.01. The van der Waals surface area contributed by atoms with Crippen LogP contribution in [0.25, 0.3) is 6.08 Å². The van der Waals surface area contributed by atoms with Crippen molar-refractivity contribution in [1.82, 2.24) is 0 Å². The quantitative estimate of drug-likeness (QED) is 0.226. The number of ether oxygens (including phenoxy) is 1. The molecule has 4 nitrogen and oxygen atoms in total. The molecule has 1 aromatic carbocycles. The van der Waals surface area contributed by atoms with Crippen molar-refractivity contribution in [3.05, 3.63) is 35.4 Å². The van der Waals surface area contributed by atoms with Crippen LogP contribution < -0.4 is 5.73 Å². The van der Waals surface area contributed by atoms with Crippen LogP contribution in [-0.4, -0.2) is 18.9 Å². The van der Waals surface area contributed by atoms with Crippen molar-refractivity contribution in [1.29, 1.82) is 0 Å². The molecule has 19 heavy (non-hydrogen) atoms. The number of esters is 1. The Kier molecular flexibility index (Phi) is 4.87. The van der Waals surface area contributed by atoms with E-state index in [0.29, 0.717) is 12.0 Å². The number of carbonyl (C=O) groups is 2. The van der Waals surface area contributed by atoms with Gasteiger partial charge >= 0.3 is 5.97 Å². The Balaban J connectivity index is 2.79. The van der Waals surface area contributed by atoms with Crippen LogP contribution in [-0.2, 0) is 14.3 Å². The third-order valence-corrected chi connectivity index (χ3v) is 2.26. The van der Waals surface area contributed by atoms with Crippen molar-refractivity contribution in [2.75, 3.05) is 12.3 Å². The molecule has 0 aromatic heterocycles. The fourth-order valence-electron chi connectivity index (χ4n) is 1.28. The van der Waals surface area contributed by atoms with Crippen LogP contribution in [0.5, 0.6) is 0 Å². The van der Waals surface area contributed by atoms with Crippen LogP contribution in [0.1, 0.15) is 26.3 Å². The number of rotatable bonds is 4. The summed E-state index contributed by atoms with van der Waals surface area (Å²) >= 11 is 0. The molecule has 0 aliphatic rings. The SMILES string of the molecule is CC(C)(C)COC(=O)/C(C=O)=C\c1ccc(N)cc1. The van der Waals surface area contributed by atoms with E-state index in [1.807, 2.05) is 20.8 Å². The summed E-state index contributed by atoms with van der Waals surface area (Å²) in [4.78, 5) is 22.7. The van der Waals surface area contributed by atoms with Gasteiger partial charge in [0.2, 0.25) is 0 Å². The topological polar surface area (TPSA) is 69.4 Å². The van der Waals surface area contributed by atoms with E-state index in [-0.39, 0.29) is 17.6 Å². The number of hydrogen-bond acceptors (Lipinski definition) is 4. The minimum Gasteiger partial charge on any atom is -0.461 e. The highest BCUT2D eigenvalue weighted by Gasteiger charge is 2.16. The van der Waals surface area contributed by atoms with Crippen molar-refractivity contribution in [3.8, 4) is 0 Å². The van der Waals surface area contributed by atoms with Gasteiger partial charge in [0, 0.05) is 5.69 Å². The Bertz CT molecular complexity index is 481. The lowest BCUT2D eigenvalue weighted by molar-refractivity contribution is -0.142. The predicted octanol–water partition coefficient (Wildman–Crippen LogP) is 2.44. The molecule has 0 atom stereocenters. The average Bonchev–Trinajstić information content (AvgIpc) is 2.34. The third-order valence-electron chi connectivity index (χ3n) is 2.26. The van der Waals surface area contributed by atoms with Crippen LogP contribution in [0.4, 0.5) is 5.69 Å². The monoisotopic (exact) mass is 261 g/mol. The number of anilines is 1. The van der Waals surface area contributed by atoms with Crippen LogP contribution in [0, 0.1) is 5.41 Å². The van der Waals surface area contributed by atoms with Gasteiger partial charge in [0.25, 0.3) is 0 Å². The molecule has 0 saturated carbocycles. The van der Waals surface area contributed by atoms with Gasteiger partial charge in [-0.2, -0.15) is 0 Å². The Morgan fingerprint density at radius 1 is 1.26 bits per heavy atom. The number of nitrogen functional groups attached to an aromatic ring is 1. The summed E-state index contributed by atoms with van der Waals surface area (Å²) < 4.78 is 5.09. The predicted molar refractivity (Wildman–Crippen MR) is 75.3 cm³/mol. The van der Waals surface area contributed by atoms with E-state index in [1.54, 1.807) is 24.3 Å². The molecular formula is C15H19NO3. The van der Waals surface area contributed by atoms with Crippen LogP contribution in [0.2, 0.25) is 0 Å². The molecule has 0 amide bonds. The zero-order valence-corrected chi connectivity index (χ0v) is 11.5. The molecule has 0 aliphatic heterocycles. The molecule has 0 radical (unpaired) electrons. The fraction of sp³-hybridized carbons (Fsp3) is 0.333. The van der Waals surface area contributed by atoms with Gasteiger partial charge < -0.3 is 10.5 Å². The Morgan fingerprint density at radius 2 is 1.84 bits per heavy atom. The van der Waals surface area contributed by atoms with Gasteiger partial charge in [0.15, 0.2) is 6.29 Å². The van der Waals surface area contributed by atoms with Crippen LogP contribution in [0.15, 0.2) is 29.8 Å². The Labute approximate surface area is 113 Å². The molecule has 102 valence electrons. The molecule has 0 unspecified atom stereocenters. The van der Waals surface area contributed by atoms with Gasteiger partial charge in [-0.1, -0.05) is 32.9 Å². The molecular weight excluding hydrogens is 242 g/mol. The molecule has 4 heteroatoms. The van der Waals surface area contributed by atoms with Gasteiger partial charge in [-0.05, 0) is 29.2 Å². The van der Waals surface area contributed by atoms with E-state index in [1.165, 1.54) is 6.08 Å². The van der Waals surface area contributed by atoms with Gasteiger partial charge in [-0.25, -0.2) is 4.79 Å². The maximum atomic E-state index is 11.7. The van der Waals surface area contributed by atoms with E-state index in [0.717, 1.165) is 5.56 Å². The largest absolute Gasteiger partial charge is 0.461 e. The second-order valence-electron chi connectivity index (χ2n) is 5.52. The summed E-state index contributed by atoms with van der Waals surface area (Å²) in [6.45, 7) is 6.11. The van der Waals surface area contributed by atoms with Crippen molar-refractivity contribution < 1.29 is 14.3 Å². The molecule has 0 aliphatic carbocycles. The van der Waals surface area contributed by atoms with Crippen LogP contribution >= 0.6 is 0 Å². The maximum absolute atomic E-state index is 11.7. The molecule has 0 saturated heterocycles. The van der Waals surface area contributed by atoms with Gasteiger partial charge in [0.05, 0.1) is 12.2 Å². The maximum Gasteiger partial charge on any atom is 0.341 e. The highest BCUT2D eigenvalue weighted by molar-refractivity contribution is 6.11. The molecule has 0 heterocycles. The lowest BCUT2D eigenvalue weighted by atomic mass is 9.99. The van der Waals surface area contributed by atoms with Crippen LogP contribution in [0.3, 0.4) is 0 Å². The minimum atomic E-state index is -0.609. The minimum absolute atomic E-state index is 0.00554. The third kappa shape index (κ3) is 5.38. The second kappa shape index (κ2) is 6.18. The second-order valence-corrected chi connectivity index (χ2v) is 5.52. The first kappa shape index (κ1) is 15.0. The number of hydrogen-bond donors (Lipinski definition) is 1. The van der Waals surface area contributed by atoms with Crippen molar-refractivity contribution in [3.63, 3.8) is 0 Å². The lowest BCUT2D eigenvalue weighted by Crippen LogP contribution is -2.19. The van der Waals surface area contributed by atoms with Gasteiger partial charge in [-0.3, -0.25) is 4.79 Å². The van der Waals surface area contributed by atoms with Crippen molar-refractivity contribution in [2.24, 2.45) is 5.41 Å². The van der Waals surface area contributed by atoms with E-state index >= 15 is 0 Å².